The lowest BCUT2D eigenvalue weighted by Crippen LogP contribution is -2.31. The zero-order chi connectivity index (χ0) is 35.6. The SMILES string of the molecule is CC.CC.CN(S(C)(=O)=O)S(C)(=O)=O.COc1ccc(C(Cc2ccncc2)c2ccc(Oc3ccccc3)nc2)cc1OC(F)F. The van der Waals surface area contributed by atoms with Crippen LogP contribution in [0.1, 0.15) is 50.3 Å². The van der Waals surface area contributed by atoms with Crippen LogP contribution in [0.15, 0.2) is 91.4 Å². The Morgan fingerprint density at radius 1 is 0.787 bits per heavy atom. The number of nitrogens with zero attached hydrogens (tertiary/aromatic N) is 3. The second kappa shape index (κ2) is 20.2. The predicted octanol–water partition coefficient (Wildman–Crippen LogP) is 7.14. The first-order chi connectivity index (χ1) is 22.3. The summed E-state index contributed by atoms with van der Waals surface area (Å²) in [6, 6.07) is 22.0. The minimum Gasteiger partial charge on any atom is -0.493 e. The number of para-hydroxylation sites is 1. The number of aromatic nitrogens is 2. The largest absolute Gasteiger partial charge is 0.493 e. The van der Waals surface area contributed by atoms with E-state index in [1.807, 2.05) is 82.3 Å². The molecule has 2 heterocycles. The summed E-state index contributed by atoms with van der Waals surface area (Å²) in [6.07, 6.45) is 7.45. The predicted molar refractivity (Wildman–Crippen MR) is 180 cm³/mol. The molecule has 1 atom stereocenters. The fourth-order valence-corrected chi connectivity index (χ4v) is 5.76. The number of sulfonamides is 2. The van der Waals surface area contributed by atoms with Gasteiger partial charge in [0, 0.05) is 37.6 Å². The molecule has 0 N–H and O–H groups in total. The highest BCUT2D eigenvalue weighted by molar-refractivity contribution is 8.03. The Hall–Kier alpha value is -4.14. The quantitative estimate of drug-likeness (QED) is 0.161. The van der Waals surface area contributed by atoms with Gasteiger partial charge in [0.15, 0.2) is 11.5 Å². The lowest BCUT2D eigenvalue weighted by molar-refractivity contribution is -0.0512. The lowest BCUT2D eigenvalue weighted by Gasteiger charge is -2.20. The highest BCUT2D eigenvalue weighted by Crippen LogP contribution is 2.36. The topological polar surface area (TPSA) is 125 Å². The van der Waals surface area contributed by atoms with Gasteiger partial charge in [0.2, 0.25) is 25.9 Å². The van der Waals surface area contributed by atoms with Gasteiger partial charge in [-0.1, -0.05) is 61.7 Å². The first-order valence-corrected chi connectivity index (χ1v) is 18.3. The molecule has 258 valence electrons. The summed E-state index contributed by atoms with van der Waals surface area (Å²) in [5.41, 5.74) is 2.74. The number of alkyl halides is 2. The van der Waals surface area contributed by atoms with Crippen molar-refractivity contribution in [1.82, 2.24) is 13.7 Å². The molecule has 47 heavy (non-hydrogen) atoms. The number of ether oxygens (including phenoxy) is 3. The number of halogens is 2. The molecule has 1 unspecified atom stereocenters. The fourth-order valence-electron chi connectivity index (χ4n) is 3.79. The maximum absolute atomic E-state index is 13.0. The van der Waals surface area contributed by atoms with Gasteiger partial charge in [-0.25, -0.2) is 21.8 Å². The Morgan fingerprint density at radius 3 is 1.83 bits per heavy atom. The first-order valence-electron chi connectivity index (χ1n) is 14.6. The van der Waals surface area contributed by atoms with Crippen LogP contribution in [-0.4, -0.2) is 63.8 Å². The molecule has 0 amide bonds. The van der Waals surface area contributed by atoms with Gasteiger partial charge in [-0.05, 0) is 59.5 Å². The summed E-state index contributed by atoms with van der Waals surface area (Å²) in [5.74, 6) is 1.21. The van der Waals surface area contributed by atoms with E-state index < -0.39 is 26.7 Å². The molecule has 0 bridgehead atoms. The monoisotopic (exact) mass is 695 g/mol. The van der Waals surface area contributed by atoms with Crippen LogP contribution in [0.5, 0.6) is 23.1 Å². The van der Waals surface area contributed by atoms with Crippen molar-refractivity contribution in [3.63, 3.8) is 0 Å². The maximum atomic E-state index is 13.0. The van der Waals surface area contributed by atoms with Gasteiger partial charge >= 0.3 is 6.61 Å². The molecule has 10 nitrogen and oxygen atoms in total. The van der Waals surface area contributed by atoms with Gasteiger partial charge in [-0.2, -0.15) is 8.78 Å². The molecule has 0 radical (unpaired) electrons. The number of rotatable bonds is 11. The van der Waals surface area contributed by atoms with Crippen molar-refractivity contribution < 1.29 is 39.8 Å². The molecule has 0 aliphatic carbocycles. The van der Waals surface area contributed by atoms with Crippen molar-refractivity contribution in [2.45, 2.75) is 46.6 Å². The molecule has 4 rings (SSSR count). The highest BCUT2D eigenvalue weighted by Gasteiger charge is 2.21. The van der Waals surface area contributed by atoms with Gasteiger partial charge < -0.3 is 14.2 Å². The molecular weight excluding hydrogens is 653 g/mol. The molecule has 0 aliphatic rings. The number of hydrogen-bond donors (Lipinski definition) is 0. The Kier molecular flexibility index (Phi) is 17.5. The standard InChI is InChI=1S/C26H22F2N2O3.C3H9NO4S2.2C2H6/c1-31-23-9-7-19(16-24(23)33-26(27)28)22(15-18-11-13-29-14-12-18)20-8-10-25(30-17-20)32-21-5-3-2-4-6-21;1-4(9(2,5)6)10(3,7)8;2*1-2/h2-14,16-17,22,26H,15H2,1H3;1-3H3;2*1-2H3. The van der Waals surface area contributed by atoms with Crippen molar-refractivity contribution in [3.05, 3.63) is 108 Å². The van der Waals surface area contributed by atoms with Crippen molar-refractivity contribution in [3.8, 4) is 23.1 Å². The summed E-state index contributed by atoms with van der Waals surface area (Å²) in [7, 11) is -4.83. The van der Waals surface area contributed by atoms with Gasteiger partial charge in [-0.15, -0.1) is 0 Å². The third-order valence-electron chi connectivity index (χ3n) is 6.06. The van der Waals surface area contributed by atoms with E-state index in [4.69, 9.17) is 14.2 Å². The molecule has 2 aromatic carbocycles. The molecule has 0 aliphatic heterocycles. The smallest absolute Gasteiger partial charge is 0.387 e. The fraction of sp³-hybridized carbons (Fsp3) is 0.333. The van der Waals surface area contributed by atoms with Crippen molar-refractivity contribution in [1.29, 1.82) is 0 Å². The van der Waals surface area contributed by atoms with Gasteiger partial charge in [0.25, 0.3) is 0 Å². The zero-order valence-electron chi connectivity index (χ0n) is 27.8. The van der Waals surface area contributed by atoms with E-state index in [1.165, 1.54) is 7.11 Å². The Bertz CT molecular complexity index is 1650. The van der Waals surface area contributed by atoms with Crippen LogP contribution in [0.25, 0.3) is 0 Å². The van der Waals surface area contributed by atoms with E-state index in [-0.39, 0.29) is 17.4 Å². The summed E-state index contributed by atoms with van der Waals surface area (Å²) < 4.78 is 84.0. The van der Waals surface area contributed by atoms with Crippen LogP contribution < -0.4 is 14.2 Å². The summed E-state index contributed by atoms with van der Waals surface area (Å²) in [5, 5.41) is 0. The highest BCUT2D eigenvalue weighted by atomic mass is 32.3. The van der Waals surface area contributed by atoms with E-state index in [0.717, 1.165) is 36.2 Å². The number of hydrogen-bond acceptors (Lipinski definition) is 9. The molecule has 0 saturated heterocycles. The van der Waals surface area contributed by atoms with E-state index >= 15 is 0 Å². The Morgan fingerprint density at radius 2 is 1.36 bits per heavy atom. The average molecular weight is 696 g/mol. The normalized spacial score (nSPS) is 11.5. The van der Waals surface area contributed by atoms with Crippen molar-refractivity contribution in [2.75, 3.05) is 26.7 Å². The van der Waals surface area contributed by atoms with Crippen LogP contribution in [0, 0.1) is 0 Å². The molecule has 2 aromatic heterocycles. The lowest BCUT2D eigenvalue weighted by atomic mass is 9.87. The summed E-state index contributed by atoms with van der Waals surface area (Å²) in [6.45, 7) is 5.05. The molecular formula is C33H43F2N3O7S2. The maximum Gasteiger partial charge on any atom is 0.387 e. The average Bonchev–Trinajstić information content (AvgIpc) is 3.06. The van der Waals surface area contributed by atoms with Crippen LogP contribution in [0.2, 0.25) is 0 Å². The third-order valence-corrected chi connectivity index (χ3v) is 9.55. The van der Waals surface area contributed by atoms with E-state index in [2.05, 4.69) is 9.97 Å². The van der Waals surface area contributed by atoms with Gasteiger partial charge in [0.05, 0.1) is 19.6 Å². The number of benzene rings is 2. The van der Waals surface area contributed by atoms with Gasteiger partial charge in [0.1, 0.15) is 5.75 Å². The van der Waals surface area contributed by atoms with Crippen LogP contribution in [-0.2, 0) is 26.5 Å². The van der Waals surface area contributed by atoms with Gasteiger partial charge in [-0.3, -0.25) is 4.98 Å². The second-order valence-corrected chi connectivity index (χ2v) is 13.4. The molecule has 4 aromatic rings. The minimum absolute atomic E-state index is 0.0123. The molecule has 14 heteroatoms. The zero-order valence-corrected chi connectivity index (χ0v) is 29.4. The van der Waals surface area contributed by atoms with Crippen molar-refractivity contribution in [2.24, 2.45) is 0 Å². The number of pyridine rings is 2. The second-order valence-electron chi connectivity index (χ2n) is 9.15. The summed E-state index contributed by atoms with van der Waals surface area (Å²) in [4.78, 5) is 8.53. The van der Waals surface area contributed by atoms with Crippen LogP contribution in [0.4, 0.5) is 8.78 Å². The van der Waals surface area contributed by atoms with Crippen LogP contribution >= 0.6 is 0 Å². The van der Waals surface area contributed by atoms with E-state index in [1.54, 1.807) is 36.8 Å². The summed E-state index contributed by atoms with van der Waals surface area (Å²) >= 11 is 0. The number of methoxy groups -OCH3 is 1. The minimum atomic E-state index is -3.62. The third kappa shape index (κ3) is 14.0. The Labute approximate surface area is 277 Å². The Balaban J connectivity index is 0.000000672. The molecule has 0 saturated carbocycles. The molecule has 0 spiro atoms. The van der Waals surface area contributed by atoms with Crippen LogP contribution in [0.3, 0.4) is 0 Å². The van der Waals surface area contributed by atoms with E-state index in [0.29, 0.717) is 21.8 Å². The molecule has 0 fully saturated rings. The first kappa shape index (κ1) is 40.9. The van der Waals surface area contributed by atoms with E-state index in [9.17, 15) is 25.6 Å². The van der Waals surface area contributed by atoms with Crippen molar-refractivity contribution >= 4 is 20.0 Å².